The Morgan fingerprint density at radius 1 is 0.950 bits per heavy atom. The third-order valence-electron chi connectivity index (χ3n) is 3.22. The van der Waals surface area contributed by atoms with Crippen LogP contribution >= 0.6 is 0 Å². The molecular weight excluding hydrogens is 248 g/mol. The third kappa shape index (κ3) is 2.26. The van der Waals surface area contributed by atoms with Crippen LogP contribution in [0.1, 0.15) is 5.69 Å². The molecule has 0 amide bonds. The van der Waals surface area contributed by atoms with Crippen molar-refractivity contribution in [3.05, 3.63) is 77.0 Å². The molecule has 0 unspecified atom stereocenters. The van der Waals surface area contributed by atoms with Crippen LogP contribution < -0.4 is 5.56 Å². The minimum absolute atomic E-state index is 0.0667. The van der Waals surface area contributed by atoms with Gasteiger partial charge < -0.3 is 4.98 Å². The molecule has 0 spiro atoms. The van der Waals surface area contributed by atoms with Crippen molar-refractivity contribution < 1.29 is 0 Å². The Morgan fingerprint density at radius 3 is 2.35 bits per heavy atom. The molecule has 20 heavy (non-hydrogen) atoms. The molecule has 0 radical (unpaired) electrons. The Bertz CT molecular complexity index is 777. The number of hydrogen-bond donors (Lipinski definition) is 1. The fraction of sp³-hybridized carbons (Fsp3) is 0.0588. The molecule has 2 aromatic heterocycles. The van der Waals surface area contributed by atoms with Crippen molar-refractivity contribution in [3.63, 3.8) is 0 Å². The highest BCUT2D eigenvalue weighted by molar-refractivity contribution is 5.82. The molecule has 1 aromatic carbocycles. The lowest BCUT2D eigenvalue weighted by Crippen LogP contribution is -2.11. The van der Waals surface area contributed by atoms with Crippen LogP contribution in [0.4, 0.5) is 0 Å². The van der Waals surface area contributed by atoms with E-state index in [2.05, 4.69) is 9.97 Å². The Labute approximate surface area is 117 Å². The zero-order chi connectivity index (χ0) is 13.9. The smallest absolute Gasteiger partial charge is 0.256 e. The number of nitrogens with zero attached hydrogens (tertiary/aromatic N) is 1. The van der Waals surface area contributed by atoms with Crippen molar-refractivity contribution in [2.75, 3.05) is 0 Å². The maximum absolute atomic E-state index is 12.4. The summed E-state index contributed by atoms with van der Waals surface area (Å²) in [6, 6.07) is 15.5. The minimum Gasteiger partial charge on any atom is -0.326 e. The highest BCUT2D eigenvalue weighted by Gasteiger charge is 2.12. The summed E-state index contributed by atoms with van der Waals surface area (Å²) >= 11 is 0. The van der Waals surface area contributed by atoms with E-state index in [4.69, 9.17) is 0 Å². The molecule has 3 aromatic rings. The quantitative estimate of drug-likeness (QED) is 0.769. The molecule has 3 nitrogen and oxygen atoms in total. The van der Waals surface area contributed by atoms with Crippen molar-refractivity contribution in [3.8, 4) is 22.3 Å². The van der Waals surface area contributed by atoms with E-state index in [1.807, 2.05) is 55.5 Å². The summed E-state index contributed by atoms with van der Waals surface area (Å²) in [5, 5.41) is 0. The number of pyridine rings is 2. The summed E-state index contributed by atoms with van der Waals surface area (Å²) in [4.78, 5) is 19.3. The summed E-state index contributed by atoms with van der Waals surface area (Å²) in [5.41, 5.74) is 4.32. The van der Waals surface area contributed by atoms with Crippen LogP contribution in [0.5, 0.6) is 0 Å². The van der Waals surface area contributed by atoms with Crippen LogP contribution in [0, 0.1) is 6.92 Å². The first kappa shape index (κ1) is 12.4. The minimum atomic E-state index is -0.0667. The van der Waals surface area contributed by atoms with Gasteiger partial charge in [0.1, 0.15) is 0 Å². The number of aryl methyl sites for hydroxylation is 1. The van der Waals surface area contributed by atoms with Gasteiger partial charge in [-0.25, -0.2) is 0 Å². The predicted octanol–water partition coefficient (Wildman–Crippen LogP) is 3.41. The van der Waals surface area contributed by atoms with Crippen molar-refractivity contribution in [1.82, 2.24) is 9.97 Å². The van der Waals surface area contributed by atoms with Gasteiger partial charge in [0.15, 0.2) is 0 Å². The third-order valence-corrected chi connectivity index (χ3v) is 3.22. The number of benzene rings is 1. The maximum Gasteiger partial charge on any atom is 0.256 e. The molecule has 3 rings (SSSR count). The summed E-state index contributed by atoms with van der Waals surface area (Å²) in [5.74, 6) is 0. The van der Waals surface area contributed by atoms with Gasteiger partial charge in [0.25, 0.3) is 5.56 Å². The van der Waals surface area contributed by atoms with Crippen LogP contribution in [-0.2, 0) is 0 Å². The first-order chi connectivity index (χ1) is 9.75. The van der Waals surface area contributed by atoms with Gasteiger partial charge in [-0.15, -0.1) is 0 Å². The summed E-state index contributed by atoms with van der Waals surface area (Å²) in [6.07, 6.45) is 3.47. The van der Waals surface area contributed by atoms with E-state index >= 15 is 0 Å². The van der Waals surface area contributed by atoms with E-state index in [0.717, 1.165) is 22.4 Å². The van der Waals surface area contributed by atoms with Crippen LogP contribution in [0.3, 0.4) is 0 Å². The molecule has 98 valence electrons. The van der Waals surface area contributed by atoms with E-state index in [9.17, 15) is 4.79 Å². The molecule has 0 aliphatic carbocycles. The van der Waals surface area contributed by atoms with Gasteiger partial charge in [-0.05, 0) is 41.8 Å². The Balaban J connectivity index is 2.32. The lowest BCUT2D eigenvalue weighted by molar-refractivity contribution is 1.15. The first-order valence-electron chi connectivity index (χ1n) is 6.45. The van der Waals surface area contributed by atoms with E-state index in [1.165, 1.54) is 0 Å². The SMILES string of the molecule is Cc1cc(-c2ccncc2)c(-c2ccccc2)c(=O)[nH]1. The maximum atomic E-state index is 12.4. The molecule has 0 saturated heterocycles. The second-order valence-electron chi connectivity index (χ2n) is 4.67. The van der Waals surface area contributed by atoms with Crippen molar-refractivity contribution in [1.29, 1.82) is 0 Å². The number of hydrogen-bond acceptors (Lipinski definition) is 2. The van der Waals surface area contributed by atoms with Crippen LogP contribution in [-0.4, -0.2) is 9.97 Å². The van der Waals surface area contributed by atoms with Gasteiger partial charge in [-0.3, -0.25) is 9.78 Å². The molecule has 3 heteroatoms. The van der Waals surface area contributed by atoms with Crippen molar-refractivity contribution in [2.24, 2.45) is 0 Å². The zero-order valence-electron chi connectivity index (χ0n) is 11.1. The fourth-order valence-corrected chi connectivity index (χ4v) is 2.34. The van der Waals surface area contributed by atoms with Crippen molar-refractivity contribution >= 4 is 0 Å². The Kier molecular flexibility index (Phi) is 3.17. The van der Waals surface area contributed by atoms with Gasteiger partial charge in [0.2, 0.25) is 0 Å². The van der Waals surface area contributed by atoms with Crippen LogP contribution in [0.25, 0.3) is 22.3 Å². The normalized spacial score (nSPS) is 10.4. The second-order valence-corrected chi connectivity index (χ2v) is 4.67. The molecule has 0 aliphatic rings. The highest BCUT2D eigenvalue weighted by atomic mass is 16.1. The lowest BCUT2D eigenvalue weighted by Gasteiger charge is -2.10. The standard InChI is InChI=1S/C17H14N2O/c1-12-11-15(13-7-9-18-10-8-13)16(17(20)19-12)14-5-3-2-4-6-14/h2-11H,1H3,(H,19,20). The Hall–Kier alpha value is -2.68. The molecule has 0 bridgehead atoms. The molecule has 0 fully saturated rings. The molecule has 2 heterocycles. The number of aromatic nitrogens is 2. The number of nitrogens with one attached hydrogen (secondary N) is 1. The van der Waals surface area contributed by atoms with E-state index in [1.54, 1.807) is 12.4 Å². The van der Waals surface area contributed by atoms with Crippen molar-refractivity contribution in [2.45, 2.75) is 6.92 Å². The molecular formula is C17H14N2O. The van der Waals surface area contributed by atoms with Gasteiger partial charge in [0.05, 0.1) is 5.56 Å². The van der Waals surface area contributed by atoms with Gasteiger partial charge in [0, 0.05) is 18.1 Å². The number of rotatable bonds is 2. The molecule has 0 saturated carbocycles. The van der Waals surface area contributed by atoms with Gasteiger partial charge in [-0.1, -0.05) is 30.3 Å². The summed E-state index contributed by atoms with van der Waals surface area (Å²) in [7, 11) is 0. The first-order valence-corrected chi connectivity index (χ1v) is 6.45. The second kappa shape index (κ2) is 5.13. The van der Waals surface area contributed by atoms with E-state index in [0.29, 0.717) is 5.56 Å². The van der Waals surface area contributed by atoms with Crippen LogP contribution in [0.15, 0.2) is 65.7 Å². The average molecular weight is 262 g/mol. The average Bonchev–Trinajstić information content (AvgIpc) is 2.48. The highest BCUT2D eigenvalue weighted by Crippen LogP contribution is 2.28. The fourth-order valence-electron chi connectivity index (χ4n) is 2.34. The topological polar surface area (TPSA) is 45.8 Å². The summed E-state index contributed by atoms with van der Waals surface area (Å²) in [6.45, 7) is 1.89. The zero-order valence-corrected chi connectivity index (χ0v) is 11.1. The van der Waals surface area contributed by atoms with E-state index < -0.39 is 0 Å². The largest absolute Gasteiger partial charge is 0.326 e. The predicted molar refractivity (Wildman–Crippen MR) is 80.5 cm³/mol. The lowest BCUT2D eigenvalue weighted by atomic mass is 9.96. The van der Waals surface area contributed by atoms with Gasteiger partial charge in [-0.2, -0.15) is 0 Å². The number of aromatic amines is 1. The monoisotopic (exact) mass is 262 g/mol. The number of H-pyrrole nitrogens is 1. The van der Waals surface area contributed by atoms with E-state index in [-0.39, 0.29) is 5.56 Å². The van der Waals surface area contributed by atoms with Gasteiger partial charge >= 0.3 is 0 Å². The molecule has 0 atom stereocenters. The Morgan fingerprint density at radius 2 is 1.65 bits per heavy atom. The molecule has 1 N–H and O–H groups in total. The molecule has 0 aliphatic heterocycles. The summed E-state index contributed by atoms with van der Waals surface area (Å²) < 4.78 is 0. The van der Waals surface area contributed by atoms with Crippen LogP contribution in [0.2, 0.25) is 0 Å².